The van der Waals surface area contributed by atoms with Crippen molar-refractivity contribution in [2.45, 2.75) is 83.5 Å². The van der Waals surface area contributed by atoms with Crippen LogP contribution in [0.4, 0.5) is 0 Å². The molecule has 1 saturated heterocycles. The van der Waals surface area contributed by atoms with E-state index in [-0.39, 0.29) is 31.0 Å². The quantitative estimate of drug-likeness (QED) is 0.348. The number of aliphatic hydroxyl groups is 2. The number of hydrogen-bond acceptors (Lipinski definition) is 7. The van der Waals surface area contributed by atoms with E-state index in [1.54, 1.807) is 19.2 Å². The van der Waals surface area contributed by atoms with Gasteiger partial charge >= 0.3 is 5.97 Å². The van der Waals surface area contributed by atoms with Crippen LogP contribution in [0.15, 0.2) is 24.3 Å². The normalized spacial score (nSPS) is 25.9. The minimum Gasteiger partial charge on any atom is -0.497 e. The molecule has 8 nitrogen and oxygen atoms in total. The Balaban J connectivity index is 2.80. The van der Waals surface area contributed by atoms with E-state index in [1.165, 1.54) is 18.9 Å². The number of benzene rings is 1. The molecule has 1 amide bonds. The lowest BCUT2D eigenvalue weighted by Gasteiger charge is -2.51. The molecule has 4 atom stereocenters. The topological polar surface area (TPSA) is 106 Å². The smallest absolute Gasteiger partial charge is 0.337 e. The minimum atomic E-state index is -2.36. The molecular weight excluding hydrogens is 466 g/mol. The average Bonchev–Trinajstić information content (AvgIpc) is 2.95. The summed E-state index contributed by atoms with van der Waals surface area (Å²) in [4.78, 5) is 29.1. The number of carbonyl (C=O) groups is 2. The zero-order chi connectivity index (χ0) is 26.8. The minimum absolute atomic E-state index is 0.0134. The van der Waals surface area contributed by atoms with Gasteiger partial charge in [0, 0.05) is 13.2 Å². The number of methoxy groups -OCH3 is 2. The lowest BCUT2D eigenvalue weighted by Crippen LogP contribution is -2.72. The summed E-state index contributed by atoms with van der Waals surface area (Å²) in [6.45, 7) is 13.4. The molecule has 0 bridgehead atoms. The van der Waals surface area contributed by atoms with Crippen molar-refractivity contribution in [3.8, 4) is 5.75 Å². The molecule has 1 aromatic carbocycles. The number of ether oxygens (including phenoxy) is 2. The van der Waals surface area contributed by atoms with Crippen LogP contribution in [0.5, 0.6) is 5.75 Å². The van der Waals surface area contributed by atoms with Gasteiger partial charge in [0.05, 0.1) is 26.2 Å². The summed E-state index contributed by atoms with van der Waals surface area (Å²) in [6, 6.07) is 7.20. The number of carbonyl (C=O) groups excluding carboxylic acids is 2. The number of esters is 1. The standard InChI is InChI=1S/C26H43NO7Si/c1-17(2)22(34-35(8,9)18(3)4)26(24(30)33-7)25(5,31)21(14-15-28)23(29)27(26)16-19-10-12-20(32-6)13-11-19/h10-13,17-18,21-22,28,31H,14-16H2,1-9H3/t21-,22-,25-,26-/m0/s1. The highest BCUT2D eigenvalue weighted by molar-refractivity contribution is 6.72. The molecule has 35 heavy (non-hydrogen) atoms. The zero-order valence-electron chi connectivity index (χ0n) is 22.6. The van der Waals surface area contributed by atoms with Crippen LogP contribution in [0.3, 0.4) is 0 Å². The van der Waals surface area contributed by atoms with Crippen molar-refractivity contribution in [2.75, 3.05) is 20.8 Å². The van der Waals surface area contributed by atoms with Gasteiger partial charge in [-0.1, -0.05) is 39.8 Å². The maximum absolute atomic E-state index is 13.9. The fraction of sp³-hybridized carbons (Fsp3) is 0.692. The van der Waals surface area contributed by atoms with E-state index in [2.05, 4.69) is 26.9 Å². The predicted molar refractivity (Wildman–Crippen MR) is 136 cm³/mol. The SMILES string of the molecule is COC(=O)[C@]1([C@@H](O[Si](C)(C)C(C)C)C(C)C)N(Cc2ccc(OC)cc2)C(=O)[C@H](CCO)[C@]1(C)O. The molecule has 198 valence electrons. The molecule has 1 aliphatic heterocycles. The second-order valence-corrected chi connectivity index (χ2v) is 15.4. The largest absolute Gasteiger partial charge is 0.497 e. The van der Waals surface area contributed by atoms with E-state index in [1.807, 2.05) is 26.0 Å². The summed E-state index contributed by atoms with van der Waals surface area (Å²) in [5.41, 5.74) is -2.69. The second kappa shape index (κ2) is 11.0. The maximum Gasteiger partial charge on any atom is 0.337 e. The Morgan fingerprint density at radius 3 is 2.14 bits per heavy atom. The predicted octanol–water partition coefficient (Wildman–Crippen LogP) is 3.36. The molecular formula is C26H43NO7Si. The van der Waals surface area contributed by atoms with Crippen LogP contribution in [0.2, 0.25) is 18.6 Å². The zero-order valence-corrected chi connectivity index (χ0v) is 23.6. The Hall–Kier alpha value is -1.94. The lowest BCUT2D eigenvalue weighted by molar-refractivity contribution is -0.189. The highest BCUT2D eigenvalue weighted by atomic mass is 28.4. The number of rotatable bonds is 11. The number of likely N-dealkylation sites (tertiary alicyclic amines) is 1. The van der Waals surface area contributed by atoms with Crippen LogP contribution in [-0.2, 0) is 25.3 Å². The van der Waals surface area contributed by atoms with Gasteiger partial charge in [0.25, 0.3) is 0 Å². The van der Waals surface area contributed by atoms with Crippen molar-refractivity contribution < 1.29 is 33.7 Å². The first-order valence-corrected chi connectivity index (χ1v) is 15.2. The van der Waals surface area contributed by atoms with E-state index < -0.39 is 43.4 Å². The van der Waals surface area contributed by atoms with Crippen LogP contribution in [0, 0.1) is 11.8 Å². The highest BCUT2D eigenvalue weighted by Gasteiger charge is 2.74. The maximum atomic E-state index is 13.9. The number of amides is 1. The fourth-order valence-electron chi connectivity index (χ4n) is 4.99. The van der Waals surface area contributed by atoms with Crippen molar-refractivity contribution in [3.63, 3.8) is 0 Å². The average molecular weight is 510 g/mol. The Labute approximate surface area is 210 Å². The molecule has 0 radical (unpaired) electrons. The molecule has 0 aromatic heterocycles. The van der Waals surface area contributed by atoms with E-state index in [0.29, 0.717) is 5.75 Å². The lowest BCUT2D eigenvalue weighted by atomic mass is 9.69. The molecule has 2 rings (SSSR count). The van der Waals surface area contributed by atoms with Crippen LogP contribution >= 0.6 is 0 Å². The van der Waals surface area contributed by atoms with Gasteiger partial charge in [0.1, 0.15) is 11.4 Å². The van der Waals surface area contributed by atoms with E-state index in [9.17, 15) is 19.8 Å². The first-order valence-electron chi connectivity index (χ1n) is 12.3. The van der Waals surface area contributed by atoms with Crippen LogP contribution < -0.4 is 4.74 Å². The molecule has 1 heterocycles. The molecule has 0 saturated carbocycles. The third kappa shape index (κ3) is 5.14. The van der Waals surface area contributed by atoms with Crippen molar-refractivity contribution in [3.05, 3.63) is 29.8 Å². The van der Waals surface area contributed by atoms with Gasteiger partial charge in [0.2, 0.25) is 5.91 Å². The van der Waals surface area contributed by atoms with Gasteiger partial charge in [0.15, 0.2) is 13.9 Å². The monoisotopic (exact) mass is 509 g/mol. The van der Waals surface area contributed by atoms with Crippen molar-refractivity contribution >= 4 is 20.2 Å². The Bertz CT molecular complexity index is 884. The van der Waals surface area contributed by atoms with E-state index >= 15 is 0 Å². The van der Waals surface area contributed by atoms with E-state index in [0.717, 1.165) is 5.56 Å². The first-order chi connectivity index (χ1) is 16.2. The second-order valence-electron chi connectivity index (χ2n) is 10.8. The van der Waals surface area contributed by atoms with Crippen molar-refractivity contribution in [1.82, 2.24) is 4.90 Å². The van der Waals surface area contributed by atoms with Gasteiger partial charge in [-0.3, -0.25) is 4.79 Å². The molecule has 2 N–H and O–H groups in total. The summed E-state index contributed by atoms with van der Waals surface area (Å²) in [6.07, 6.45) is -0.820. The third-order valence-corrected chi connectivity index (χ3v) is 11.3. The summed E-state index contributed by atoms with van der Waals surface area (Å²) in [5, 5.41) is 21.8. The van der Waals surface area contributed by atoms with Crippen molar-refractivity contribution in [2.24, 2.45) is 11.8 Å². The summed E-state index contributed by atoms with van der Waals surface area (Å²) >= 11 is 0. The van der Waals surface area contributed by atoms with Crippen LogP contribution in [0.1, 0.15) is 46.6 Å². The number of hydrogen-bond donors (Lipinski definition) is 2. The molecule has 1 aliphatic rings. The van der Waals surface area contributed by atoms with Gasteiger partial charge in [-0.05, 0) is 55.6 Å². The fourth-order valence-corrected chi connectivity index (χ4v) is 6.36. The molecule has 9 heteroatoms. The van der Waals surface area contributed by atoms with Gasteiger partial charge in [-0.15, -0.1) is 0 Å². The first kappa shape index (κ1) is 29.3. The number of nitrogens with zero attached hydrogens (tertiary/aromatic N) is 1. The summed E-state index contributed by atoms with van der Waals surface area (Å²) < 4.78 is 17.4. The van der Waals surface area contributed by atoms with Gasteiger partial charge in [-0.25, -0.2) is 4.79 Å². The summed E-state index contributed by atoms with van der Waals surface area (Å²) in [5.74, 6) is -1.71. The third-order valence-electron chi connectivity index (χ3n) is 7.69. The van der Waals surface area contributed by atoms with Crippen LogP contribution in [0.25, 0.3) is 0 Å². The molecule has 1 fully saturated rings. The van der Waals surface area contributed by atoms with Gasteiger partial charge in [-0.2, -0.15) is 0 Å². The number of aliphatic hydroxyl groups excluding tert-OH is 1. The molecule has 0 spiro atoms. The molecule has 0 aliphatic carbocycles. The molecule has 1 aromatic rings. The highest BCUT2D eigenvalue weighted by Crippen LogP contribution is 2.51. The van der Waals surface area contributed by atoms with Crippen LogP contribution in [-0.4, -0.2) is 73.4 Å². The van der Waals surface area contributed by atoms with Crippen molar-refractivity contribution in [1.29, 1.82) is 0 Å². The van der Waals surface area contributed by atoms with E-state index in [4.69, 9.17) is 13.9 Å². The Kier molecular flexibility index (Phi) is 9.19. The summed E-state index contributed by atoms with van der Waals surface area (Å²) in [7, 11) is 0.473. The Morgan fingerprint density at radius 1 is 1.14 bits per heavy atom. The Morgan fingerprint density at radius 2 is 1.71 bits per heavy atom. The van der Waals surface area contributed by atoms with Gasteiger partial charge < -0.3 is 29.0 Å². The molecule has 0 unspecified atom stereocenters.